The van der Waals surface area contributed by atoms with Crippen LogP contribution in [0.4, 0.5) is 0 Å². The molecule has 1 aromatic heterocycles. The molecule has 0 aliphatic heterocycles. The van der Waals surface area contributed by atoms with Gasteiger partial charge in [0.05, 0.1) is 11.1 Å². The summed E-state index contributed by atoms with van der Waals surface area (Å²) < 4.78 is 0. The maximum atomic E-state index is 10.9. The third-order valence-electron chi connectivity index (χ3n) is 4.56. The molecule has 1 heterocycles. The molecule has 0 radical (unpaired) electrons. The molecular weight excluding hydrogens is 234 g/mol. The molecule has 0 spiro atoms. The van der Waals surface area contributed by atoms with Crippen molar-refractivity contribution in [2.24, 2.45) is 5.41 Å². The highest BCUT2D eigenvalue weighted by molar-refractivity contribution is 5.78. The van der Waals surface area contributed by atoms with Gasteiger partial charge in [-0.05, 0) is 43.2 Å². The second kappa shape index (κ2) is 4.31. The molecule has 1 aliphatic rings. The highest BCUT2D eigenvalue weighted by Gasteiger charge is 2.38. The molecule has 0 saturated heterocycles. The van der Waals surface area contributed by atoms with Gasteiger partial charge >= 0.3 is 0 Å². The molecule has 100 valence electrons. The van der Waals surface area contributed by atoms with Crippen LogP contribution in [-0.2, 0) is 5.60 Å². The molecule has 2 heteroatoms. The van der Waals surface area contributed by atoms with Crippen LogP contribution < -0.4 is 0 Å². The van der Waals surface area contributed by atoms with Crippen LogP contribution in [0.3, 0.4) is 0 Å². The minimum Gasteiger partial charge on any atom is -0.385 e. The van der Waals surface area contributed by atoms with E-state index in [1.807, 2.05) is 24.4 Å². The molecule has 3 rings (SSSR count). The Labute approximate surface area is 114 Å². The van der Waals surface area contributed by atoms with Crippen LogP contribution in [0, 0.1) is 5.41 Å². The van der Waals surface area contributed by atoms with E-state index in [0.29, 0.717) is 5.41 Å². The van der Waals surface area contributed by atoms with Crippen molar-refractivity contribution in [1.82, 2.24) is 4.98 Å². The summed E-state index contributed by atoms with van der Waals surface area (Å²) >= 11 is 0. The molecular formula is C17H21NO. The number of pyridine rings is 1. The summed E-state index contributed by atoms with van der Waals surface area (Å²) in [5, 5.41) is 12.0. The first-order valence-electron chi connectivity index (χ1n) is 7.06. The van der Waals surface area contributed by atoms with Crippen LogP contribution in [0.2, 0.25) is 0 Å². The molecule has 0 amide bonds. The predicted molar refractivity (Wildman–Crippen MR) is 77.9 cm³/mol. The normalized spacial score (nSPS) is 21.4. The maximum absolute atomic E-state index is 10.9. The summed E-state index contributed by atoms with van der Waals surface area (Å²) in [7, 11) is 0. The molecule has 1 N–H and O–H groups in total. The molecule has 1 aromatic carbocycles. The first-order valence-corrected chi connectivity index (χ1v) is 7.06. The maximum Gasteiger partial charge on any atom is 0.0912 e. The molecule has 2 nitrogen and oxygen atoms in total. The SMILES string of the molecule is CC1(C)CCC(O)(c2cnc3ccccc3c2)CC1. The van der Waals surface area contributed by atoms with Gasteiger partial charge in [0.1, 0.15) is 0 Å². The van der Waals surface area contributed by atoms with Crippen LogP contribution in [0.25, 0.3) is 10.9 Å². The fraction of sp³-hybridized carbons (Fsp3) is 0.471. The van der Waals surface area contributed by atoms with Crippen molar-refractivity contribution in [1.29, 1.82) is 0 Å². The lowest BCUT2D eigenvalue weighted by molar-refractivity contribution is -0.0306. The van der Waals surface area contributed by atoms with E-state index in [9.17, 15) is 5.11 Å². The van der Waals surface area contributed by atoms with Gasteiger partial charge in [0, 0.05) is 17.1 Å². The molecule has 0 bridgehead atoms. The molecule has 1 fully saturated rings. The fourth-order valence-corrected chi connectivity index (χ4v) is 2.95. The smallest absolute Gasteiger partial charge is 0.0912 e. The number of hydrogen-bond donors (Lipinski definition) is 1. The van der Waals surface area contributed by atoms with Crippen molar-refractivity contribution in [2.45, 2.75) is 45.1 Å². The first-order chi connectivity index (χ1) is 8.99. The Morgan fingerprint density at radius 3 is 2.47 bits per heavy atom. The monoisotopic (exact) mass is 255 g/mol. The average Bonchev–Trinajstić information content (AvgIpc) is 2.42. The van der Waals surface area contributed by atoms with Crippen LogP contribution in [0.1, 0.15) is 45.1 Å². The number of rotatable bonds is 1. The lowest BCUT2D eigenvalue weighted by Gasteiger charge is -2.40. The standard InChI is InChI=1S/C17H21NO/c1-16(2)7-9-17(19,10-8-16)14-11-13-5-3-4-6-15(13)18-12-14/h3-6,11-12,19H,7-10H2,1-2H3. The van der Waals surface area contributed by atoms with Gasteiger partial charge < -0.3 is 5.11 Å². The number of aliphatic hydroxyl groups is 1. The highest BCUT2D eigenvalue weighted by Crippen LogP contribution is 2.45. The van der Waals surface area contributed by atoms with Gasteiger partial charge in [-0.1, -0.05) is 32.0 Å². The largest absolute Gasteiger partial charge is 0.385 e. The lowest BCUT2D eigenvalue weighted by Crippen LogP contribution is -2.34. The third kappa shape index (κ3) is 2.37. The number of nitrogens with zero attached hydrogens (tertiary/aromatic N) is 1. The second-order valence-corrected chi connectivity index (χ2v) is 6.61. The van der Waals surface area contributed by atoms with E-state index in [0.717, 1.165) is 42.1 Å². The summed E-state index contributed by atoms with van der Waals surface area (Å²) in [4.78, 5) is 4.48. The van der Waals surface area contributed by atoms with Crippen LogP contribution in [0.15, 0.2) is 36.5 Å². The number of hydrogen-bond acceptors (Lipinski definition) is 2. The summed E-state index contributed by atoms with van der Waals surface area (Å²) in [5.41, 5.74) is 1.64. The Kier molecular flexibility index (Phi) is 2.86. The van der Waals surface area contributed by atoms with Gasteiger partial charge in [-0.15, -0.1) is 0 Å². The fourth-order valence-electron chi connectivity index (χ4n) is 2.95. The topological polar surface area (TPSA) is 33.1 Å². The Hall–Kier alpha value is -1.41. The van der Waals surface area contributed by atoms with E-state index >= 15 is 0 Å². The minimum absolute atomic E-state index is 0.358. The third-order valence-corrected chi connectivity index (χ3v) is 4.56. The van der Waals surface area contributed by atoms with Crippen LogP contribution in [-0.4, -0.2) is 10.1 Å². The molecule has 1 aliphatic carbocycles. The van der Waals surface area contributed by atoms with E-state index in [1.54, 1.807) is 0 Å². The van der Waals surface area contributed by atoms with E-state index in [1.165, 1.54) is 0 Å². The summed E-state index contributed by atoms with van der Waals surface area (Å²) in [6.07, 6.45) is 5.65. The highest BCUT2D eigenvalue weighted by atomic mass is 16.3. The van der Waals surface area contributed by atoms with Crippen molar-refractivity contribution in [3.05, 3.63) is 42.1 Å². The van der Waals surface area contributed by atoms with E-state index in [-0.39, 0.29) is 0 Å². The van der Waals surface area contributed by atoms with Crippen molar-refractivity contribution < 1.29 is 5.11 Å². The van der Waals surface area contributed by atoms with Crippen molar-refractivity contribution >= 4 is 10.9 Å². The Morgan fingerprint density at radius 2 is 1.74 bits per heavy atom. The van der Waals surface area contributed by atoms with Crippen molar-refractivity contribution in [3.63, 3.8) is 0 Å². The van der Waals surface area contributed by atoms with Gasteiger partial charge in [0.15, 0.2) is 0 Å². The molecule has 0 atom stereocenters. The van der Waals surface area contributed by atoms with Gasteiger partial charge in [0.25, 0.3) is 0 Å². The lowest BCUT2D eigenvalue weighted by atomic mass is 9.69. The van der Waals surface area contributed by atoms with Gasteiger partial charge in [0.2, 0.25) is 0 Å². The quantitative estimate of drug-likeness (QED) is 0.834. The van der Waals surface area contributed by atoms with E-state index in [4.69, 9.17) is 0 Å². The molecule has 1 saturated carbocycles. The number of benzene rings is 1. The Balaban J connectivity index is 1.95. The zero-order valence-electron chi connectivity index (χ0n) is 11.7. The van der Waals surface area contributed by atoms with Gasteiger partial charge in [-0.25, -0.2) is 0 Å². The summed E-state index contributed by atoms with van der Waals surface area (Å²) in [5.74, 6) is 0. The molecule has 19 heavy (non-hydrogen) atoms. The second-order valence-electron chi connectivity index (χ2n) is 6.61. The zero-order chi connectivity index (χ0) is 13.5. The summed E-state index contributed by atoms with van der Waals surface area (Å²) in [6.45, 7) is 4.57. The molecule has 2 aromatic rings. The number of para-hydroxylation sites is 1. The van der Waals surface area contributed by atoms with Gasteiger partial charge in [-0.2, -0.15) is 0 Å². The Bertz CT molecular complexity index is 593. The first kappa shape index (κ1) is 12.6. The predicted octanol–water partition coefficient (Wildman–Crippen LogP) is 4.02. The van der Waals surface area contributed by atoms with E-state index in [2.05, 4.69) is 31.0 Å². The van der Waals surface area contributed by atoms with E-state index < -0.39 is 5.60 Å². The van der Waals surface area contributed by atoms with Crippen LogP contribution >= 0.6 is 0 Å². The minimum atomic E-state index is -0.688. The van der Waals surface area contributed by atoms with Crippen molar-refractivity contribution in [2.75, 3.05) is 0 Å². The van der Waals surface area contributed by atoms with Crippen molar-refractivity contribution in [3.8, 4) is 0 Å². The average molecular weight is 255 g/mol. The molecule has 0 unspecified atom stereocenters. The van der Waals surface area contributed by atoms with Crippen LogP contribution in [0.5, 0.6) is 0 Å². The summed E-state index contributed by atoms with van der Waals surface area (Å²) in [6, 6.07) is 10.2. The Morgan fingerprint density at radius 1 is 1.05 bits per heavy atom. The number of aromatic nitrogens is 1. The van der Waals surface area contributed by atoms with Gasteiger partial charge in [-0.3, -0.25) is 4.98 Å². The zero-order valence-corrected chi connectivity index (χ0v) is 11.7. The number of fused-ring (bicyclic) bond motifs is 1.